The zero-order valence-electron chi connectivity index (χ0n) is 19.4. The van der Waals surface area contributed by atoms with Crippen LogP contribution in [0.1, 0.15) is 58.9 Å². The van der Waals surface area contributed by atoms with Crippen molar-refractivity contribution in [2.75, 3.05) is 26.2 Å². The molecule has 7 nitrogen and oxygen atoms in total. The second-order valence-corrected chi connectivity index (χ2v) is 9.65. The van der Waals surface area contributed by atoms with E-state index in [1.54, 1.807) is 0 Å². The maximum Gasteiger partial charge on any atom is 0.410 e. The van der Waals surface area contributed by atoms with Crippen LogP contribution in [0.5, 0.6) is 0 Å². The van der Waals surface area contributed by atoms with Crippen LogP contribution in [-0.4, -0.2) is 64.2 Å². The van der Waals surface area contributed by atoms with Crippen LogP contribution >= 0.6 is 0 Å². The number of carbonyl (C=O) groups is 1. The second-order valence-electron chi connectivity index (χ2n) is 9.65. The van der Waals surface area contributed by atoms with Crippen molar-refractivity contribution in [3.63, 3.8) is 0 Å². The van der Waals surface area contributed by atoms with Crippen molar-refractivity contribution in [3.05, 3.63) is 24.0 Å². The van der Waals surface area contributed by atoms with Crippen LogP contribution in [0, 0.1) is 5.92 Å². The quantitative estimate of drug-likeness (QED) is 0.567. The van der Waals surface area contributed by atoms with Gasteiger partial charge in [0.05, 0.1) is 6.54 Å². The molecule has 1 aliphatic carbocycles. The number of likely N-dealkylation sites (tertiary alicyclic amines) is 1. The molecule has 1 saturated carbocycles. The molecule has 0 bridgehead atoms. The van der Waals surface area contributed by atoms with Gasteiger partial charge in [0.1, 0.15) is 5.60 Å². The first-order valence-electron chi connectivity index (χ1n) is 11.4. The highest BCUT2D eigenvalue weighted by Crippen LogP contribution is 2.32. The van der Waals surface area contributed by atoms with Gasteiger partial charge in [0, 0.05) is 51.7 Å². The number of carbonyl (C=O) groups excluding carboxylic acids is 1. The normalized spacial score (nSPS) is 18.4. The highest BCUT2D eigenvalue weighted by Gasteiger charge is 2.35. The largest absolute Gasteiger partial charge is 0.444 e. The highest BCUT2D eigenvalue weighted by atomic mass is 16.6. The number of aryl methyl sites for hydroxylation is 1. The molecule has 1 aliphatic heterocycles. The highest BCUT2D eigenvalue weighted by molar-refractivity contribution is 5.80. The van der Waals surface area contributed by atoms with Crippen LogP contribution in [0.25, 0.3) is 0 Å². The van der Waals surface area contributed by atoms with Crippen molar-refractivity contribution in [2.45, 2.75) is 71.6 Å². The van der Waals surface area contributed by atoms with Crippen molar-refractivity contribution >= 4 is 12.1 Å². The van der Waals surface area contributed by atoms with E-state index in [-0.39, 0.29) is 12.1 Å². The van der Waals surface area contributed by atoms with Crippen LogP contribution in [0.4, 0.5) is 4.79 Å². The molecular weight excluding hydrogens is 378 g/mol. The molecule has 3 rings (SSSR count). The summed E-state index contributed by atoms with van der Waals surface area (Å²) in [6.07, 6.45) is 8.36. The van der Waals surface area contributed by atoms with Gasteiger partial charge in [-0.3, -0.25) is 0 Å². The van der Waals surface area contributed by atoms with Crippen LogP contribution in [0.15, 0.2) is 23.5 Å². The van der Waals surface area contributed by atoms with E-state index in [2.05, 4.69) is 29.4 Å². The number of hydrogen-bond donors (Lipinski definition) is 1. The van der Waals surface area contributed by atoms with Crippen molar-refractivity contribution in [1.29, 1.82) is 0 Å². The van der Waals surface area contributed by atoms with E-state index in [0.717, 1.165) is 45.0 Å². The number of nitrogens with one attached hydrogen (secondary N) is 1. The number of piperidine rings is 1. The fourth-order valence-electron chi connectivity index (χ4n) is 3.91. The van der Waals surface area contributed by atoms with Crippen molar-refractivity contribution < 1.29 is 9.53 Å². The van der Waals surface area contributed by atoms with E-state index in [1.165, 1.54) is 18.4 Å². The van der Waals surface area contributed by atoms with Crippen molar-refractivity contribution in [1.82, 2.24) is 19.7 Å². The molecule has 2 fully saturated rings. The average molecular weight is 418 g/mol. The maximum atomic E-state index is 12.9. The van der Waals surface area contributed by atoms with Gasteiger partial charge in [0.15, 0.2) is 5.96 Å². The Hall–Kier alpha value is -2.18. The molecule has 0 radical (unpaired) electrons. The van der Waals surface area contributed by atoms with Gasteiger partial charge in [-0.15, -0.1) is 0 Å². The number of aliphatic imine (C=N–C) groups is 1. The first kappa shape index (κ1) is 22.5. The van der Waals surface area contributed by atoms with Crippen LogP contribution in [-0.2, 0) is 18.3 Å². The second kappa shape index (κ2) is 9.75. The molecule has 0 atom stereocenters. The number of amides is 1. The van der Waals surface area contributed by atoms with Gasteiger partial charge >= 0.3 is 6.09 Å². The van der Waals surface area contributed by atoms with Gasteiger partial charge < -0.3 is 24.4 Å². The van der Waals surface area contributed by atoms with Gasteiger partial charge in [-0.05, 0) is 70.9 Å². The van der Waals surface area contributed by atoms with Crippen molar-refractivity contribution in [3.8, 4) is 0 Å². The minimum Gasteiger partial charge on any atom is -0.444 e. The summed E-state index contributed by atoms with van der Waals surface area (Å²) in [7, 11) is 2.03. The summed E-state index contributed by atoms with van der Waals surface area (Å²) in [4.78, 5) is 22.0. The molecule has 2 heterocycles. The average Bonchev–Trinajstić information content (AvgIpc) is 3.41. The van der Waals surface area contributed by atoms with E-state index >= 15 is 0 Å². The smallest absolute Gasteiger partial charge is 0.410 e. The number of ether oxygens (including phenoxy) is 1. The predicted octanol–water partition coefficient (Wildman–Crippen LogP) is 3.60. The summed E-state index contributed by atoms with van der Waals surface area (Å²) < 4.78 is 7.77. The summed E-state index contributed by atoms with van der Waals surface area (Å²) in [6.45, 7) is 12.1. The lowest BCUT2D eigenvalue weighted by atomic mass is 10.0. The Morgan fingerprint density at radius 3 is 2.50 bits per heavy atom. The molecule has 1 amide bonds. The Balaban J connectivity index is 1.60. The summed E-state index contributed by atoms with van der Waals surface area (Å²) >= 11 is 0. The van der Waals surface area contributed by atoms with Crippen LogP contribution in [0.2, 0.25) is 0 Å². The third-order valence-corrected chi connectivity index (χ3v) is 5.62. The zero-order valence-corrected chi connectivity index (χ0v) is 19.4. The molecule has 7 heteroatoms. The summed E-state index contributed by atoms with van der Waals surface area (Å²) in [5, 5.41) is 3.43. The van der Waals surface area contributed by atoms with Crippen molar-refractivity contribution in [2.24, 2.45) is 18.0 Å². The topological polar surface area (TPSA) is 62.1 Å². The number of hydrogen-bond acceptors (Lipinski definition) is 3. The summed E-state index contributed by atoms with van der Waals surface area (Å²) in [5.74, 6) is 1.62. The number of rotatable bonds is 6. The minimum absolute atomic E-state index is 0.155. The third-order valence-electron chi connectivity index (χ3n) is 5.62. The van der Waals surface area contributed by atoms with E-state index in [4.69, 9.17) is 9.73 Å². The zero-order chi connectivity index (χ0) is 21.7. The minimum atomic E-state index is -0.456. The maximum absolute atomic E-state index is 12.9. The molecule has 0 spiro atoms. The molecule has 1 N–H and O–H groups in total. The molecule has 1 saturated heterocycles. The molecule has 0 unspecified atom stereocenters. The van der Waals surface area contributed by atoms with Gasteiger partial charge in [-0.1, -0.05) is 0 Å². The lowest BCUT2D eigenvalue weighted by Gasteiger charge is -2.40. The molecule has 0 aromatic carbocycles. The van der Waals surface area contributed by atoms with Gasteiger partial charge in [-0.25, -0.2) is 9.79 Å². The third kappa shape index (κ3) is 6.67. The standard InChI is InChI=1S/C23H39N5O2/c1-6-24-21(25-15-19-9-12-26(5)16-19)27-13-10-20(11-14-27)28(17-18-7-8-18)22(29)30-23(2,3)4/h9,12,16,18,20H,6-8,10-11,13-15,17H2,1-5H3,(H,24,25). The fourth-order valence-corrected chi connectivity index (χ4v) is 3.91. The Kier molecular flexibility index (Phi) is 7.32. The SMILES string of the molecule is CCNC(=NCc1ccn(C)c1)N1CCC(N(CC2CC2)C(=O)OC(C)(C)C)CC1. The van der Waals surface area contributed by atoms with Crippen LogP contribution < -0.4 is 5.32 Å². The Morgan fingerprint density at radius 2 is 1.97 bits per heavy atom. The Morgan fingerprint density at radius 1 is 1.27 bits per heavy atom. The summed E-state index contributed by atoms with van der Waals surface area (Å²) in [5.41, 5.74) is 0.755. The summed E-state index contributed by atoms with van der Waals surface area (Å²) in [6, 6.07) is 2.35. The van der Waals surface area contributed by atoms with E-state index in [0.29, 0.717) is 12.5 Å². The molecule has 30 heavy (non-hydrogen) atoms. The number of guanidine groups is 1. The first-order chi connectivity index (χ1) is 14.2. The lowest BCUT2D eigenvalue weighted by molar-refractivity contribution is 0.00928. The number of nitrogens with zero attached hydrogens (tertiary/aromatic N) is 4. The van der Waals surface area contributed by atoms with E-state index in [9.17, 15) is 4.79 Å². The van der Waals surface area contributed by atoms with E-state index < -0.39 is 5.60 Å². The Labute approximate surface area is 181 Å². The van der Waals surface area contributed by atoms with Gasteiger partial charge in [0.25, 0.3) is 0 Å². The molecule has 2 aliphatic rings. The molecule has 168 valence electrons. The molecule has 1 aromatic rings. The van der Waals surface area contributed by atoms with Gasteiger partial charge in [0.2, 0.25) is 0 Å². The van der Waals surface area contributed by atoms with E-state index in [1.807, 2.05) is 43.5 Å². The lowest BCUT2D eigenvalue weighted by Crippen LogP contribution is -2.52. The molecular formula is C23H39N5O2. The monoisotopic (exact) mass is 417 g/mol. The predicted molar refractivity (Wildman–Crippen MR) is 120 cm³/mol. The van der Waals surface area contributed by atoms with Gasteiger partial charge in [-0.2, -0.15) is 0 Å². The number of aromatic nitrogens is 1. The fraction of sp³-hybridized carbons (Fsp3) is 0.739. The first-order valence-corrected chi connectivity index (χ1v) is 11.4. The molecule has 1 aromatic heterocycles. The van der Waals surface area contributed by atoms with Crippen LogP contribution in [0.3, 0.4) is 0 Å². The Bertz CT molecular complexity index is 724.